The Balaban J connectivity index is 2.87. The van der Waals surface area contributed by atoms with Gasteiger partial charge in [-0.3, -0.25) is 9.59 Å². The van der Waals surface area contributed by atoms with Crippen LogP contribution in [0.3, 0.4) is 0 Å². The average molecular weight is 239 g/mol. The quantitative estimate of drug-likeness (QED) is 0.813. The highest BCUT2D eigenvalue weighted by Crippen LogP contribution is 2.05. The van der Waals surface area contributed by atoms with E-state index in [1.165, 1.54) is 4.57 Å². The molecule has 0 saturated heterocycles. The SMILES string of the molecule is CCCOc1cccn(C[C@H](C)C(=O)O)c1=O. The first-order valence-corrected chi connectivity index (χ1v) is 5.61. The molecule has 1 aromatic heterocycles. The highest BCUT2D eigenvalue weighted by molar-refractivity contribution is 5.69. The van der Waals surface area contributed by atoms with Crippen LogP contribution in [0, 0.1) is 5.92 Å². The predicted molar refractivity (Wildman–Crippen MR) is 63.3 cm³/mol. The standard InChI is InChI=1S/C12H17NO4/c1-3-7-17-10-5-4-6-13(11(10)14)8-9(2)12(15)16/h4-6,9H,3,7-8H2,1-2H3,(H,15,16)/t9-/m0/s1. The monoisotopic (exact) mass is 239 g/mol. The summed E-state index contributed by atoms with van der Waals surface area (Å²) < 4.78 is 6.65. The topological polar surface area (TPSA) is 68.5 Å². The molecule has 0 aliphatic rings. The first kappa shape index (κ1) is 13.3. The van der Waals surface area contributed by atoms with Crippen LogP contribution in [0.4, 0.5) is 0 Å². The van der Waals surface area contributed by atoms with Crippen molar-refractivity contribution < 1.29 is 14.6 Å². The van der Waals surface area contributed by atoms with Crippen molar-refractivity contribution in [3.63, 3.8) is 0 Å². The summed E-state index contributed by atoms with van der Waals surface area (Å²) in [6.45, 7) is 4.15. The fraction of sp³-hybridized carbons (Fsp3) is 0.500. The summed E-state index contributed by atoms with van der Waals surface area (Å²) in [5, 5.41) is 8.80. The van der Waals surface area contributed by atoms with E-state index < -0.39 is 11.9 Å². The second-order valence-electron chi connectivity index (χ2n) is 3.92. The summed E-state index contributed by atoms with van der Waals surface area (Å²) in [6, 6.07) is 3.28. The van der Waals surface area contributed by atoms with Crippen LogP contribution in [0.2, 0.25) is 0 Å². The molecule has 0 aliphatic heterocycles. The Hall–Kier alpha value is -1.78. The van der Waals surface area contributed by atoms with Crippen LogP contribution in [0.15, 0.2) is 23.1 Å². The van der Waals surface area contributed by atoms with Gasteiger partial charge in [-0.05, 0) is 18.6 Å². The molecular formula is C12H17NO4. The minimum absolute atomic E-state index is 0.150. The van der Waals surface area contributed by atoms with Gasteiger partial charge in [-0.2, -0.15) is 0 Å². The Bertz CT molecular complexity index is 438. The second-order valence-corrected chi connectivity index (χ2v) is 3.92. The van der Waals surface area contributed by atoms with Crippen LogP contribution >= 0.6 is 0 Å². The number of carbonyl (C=O) groups is 1. The Morgan fingerprint density at radius 2 is 2.29 bits per heavy atom. The summed E-state index contributed by atoms with van der Waals surface area (Å²) in [6.07, 6.45) is 2.39. The molecular weight excluding hydrogens is 222 g/mol. The van der Waals surface area contributed by atoms with Crippen molar-refractivity contribution in [3.8, 4) is 5.75 Å². The van der Waals surface area contributed by atoms with E-state index in [2.05, 4.69) is 0 Å². The third-order valence-corrected chi connectivity index (χ3v) is 2.34. The van der Waals surface area contributed by atoms with Crippen LogP contribution in [0.5, 0.6) is 5.75 Å². The van der Waals surface area contributed by atoms with Crippen molar-refractivity contribution in [2.75, 3.05) is 6.61 Å². The first-order chi connectivity index (χ1) is 8.06. The molecule has 0 radical (unpaired) electrons. The molecule has 5 heteroatoms. The second kappa shape index (κ2) is 6.08. The molecule has 0 fully saturated rings. The number of hydrogen-bond acceptors (Lipinski definition) is 3. The van der Waals surface area contributed by atoms with Crippen LogP contribution in [0.1, 0.15) is 20.3 Å². The number of carboxylic acids is 1. The zero-order chi connectivity index (χ0) is 12.8. The summed E-state index contributed by atoms with van der Waals surface area (Å²) in [5.74, 6) is -1.25. The third-order valence-electron chi connectivity index (χ3n) is 2.34. The molecule has 1 heterocycles. The molecule has 0 aromatic carbocycles. The van der Waals surface area contributed by atoms with Gasteiger partial charge in [-0.15, -0.1) is 0 Å². The summed E-state index contributed by atoms with van der Waals surface area (Å²) in [5.41, 5.74) is -0.283. The highest BCUT2D eigenvalue weighted by Gasteiger charge is 2.13. The average Bonchev–Trinajstić information content (AvgIpc) is 2.30. The normalized spacial score (nSPS) is 12.1. The molecule has 94 valence electrons. The number of hydrogen-bond donors (Lipinski definition) is 1. The van der Waals surface area contributed by atoms with E-state index in [1.54, 1.807) is 25.3 Å². The predicted octanol–water partition coefficient (Wildman–Crippen LogP) is 1.36. The van der Waals surface area contributed by atoms with E-state index in [0.29, 0.717) is 6.61 Å². The van der Waals surface area contributed by atoms with E-state index in [0.717, 1.165) is 6.42 Å². The number of nitrogens with zero attached hydrogens (tertiary/aromatic N) is 1. The van der Waals surface area contributed by atoms with Crippen molar-refractivity contribution in [3.05, 3.63) is 28.7 Å². The van der Waals surface area contributed by atoms with Gasteiger partial charge in [-0.1, -0.05) is 13.8 Å². The Kier molecular flexibility index (Phi) is 4.75. The minimum Gasteiger partial charge on any atom is -0.488 e. The lowest BCUT2D eigenvalue weighted by molar-refractivity contribution is -0.141. The maximum Gasteiger partial charge on any atom is 0.308 e. The Morgan fingerprint density at radius 1 is 1.59 bits per heavy atom. The van der Waals surface area contributed by atoms with E-state index >= 15 is 0 Å². The van der Waals surface area contributed by atoms with E-state index in [9.17, 15) is 9.59 Å². The summed E-state index contributed by atoms with van der Waals surface area (Å²) in [4.78, 5) is 22.6. The molecule has 1 N–H and O–H groups in total. The molecule has 1 atom stereocenters. The van der Waals surface area contributed by atoms with Crippen LogP contribution in [0.25, 0.3) is 0 Å². The summed E-state index contributed by atoms with van der Waals surface area (Å²) >= 11 is 0. The fourth-order valence-electron chi connectivity index (χ4n) is 1.35. The van der Waals surface area contributed by atoms with E-state index in [4.69, 9.17) is 9.84 Å². The number of rotatable bonds is 6. The zero-order valence-corrected chi connectivity index (χ0v) is 10.0. The van der Waals surface area contributed by atoms with Gasteiger partial charge in [0.1, 0.15) is 0 Å². The number of pyridine rings is 1. The van der Waals surface area contributed by atoms with Gasteiger partial charge in [0.05, 0.1) is 12.5 Å². The molecule has 0 aliphatic carbocycles. The highest BCUT2D eigenvalue weighted by atomic mass is 16.5. The lowest BCUT2D eigenvalue weighted by Crippen LogP contribution is -2.26. The van der Waals surface area contributed by atoms with Crippen LogP contribution in [-0.2, 0) is 11.3 Å². The molecule has 0 unspecified atom stereocenters. The Morgan fingerprint density at radius 3 is 2.88 bits per heavy atom. The maximum atomic E-state index is 11.9. The maximum absolute atomic E-state index is 11.9. The van der Waals surface area contributed by atoms with Gasteiger partial charge < -0.3 is 14.4 Å². The molecule has 17 heavy (non-hydrogen) atoms. The van der Waals surface area contributed by atoms with Crippen LogP contribution < -0.4 is 10.3 Å². The van der Waals surface area contributed by atoms with E-state index in [1.807, 2.05) is 6.92 Å². The molecule has 0 spiro atoms. The smallest absolute Gasteiger partial charge is 0.308 e. The van der Waals surface area contributed by atoms with Crippen molar-refractivity contribution >= 4 is 5.97 Å². The number of aromatic nitrogens is 1. The lowest BCUT2D eigenvalue weighted by Gasteiger charge is -2.11. The van der Waals surface area contributed by atoms with Gasteiger partial charge in [0, 0.05) is 12.7 Å². The van der Waals surface area contributed by atoms with Gasteiger partial charge >= 0.3 is 5.97 Å². The van der Waals surface area contributed by atoms with Gasteiger partial charge in [0.2, 0.25) is 0 Å². The Labute approximate surface area is 99.6 Å². The van der Waals surface area contributed by atoms with Crippen molar-refractivity contribution in [1.29, 1.82) is 0 Å². The largest absolute Gasteiger partial charge is 0.488 e. The molecule has 1 aromatic rings. The third kappa shape index (κ3) is 3.62. The fourth-order valence-corrected chi connectivity index (χ4v) is 1.35. The first-order valence-electron chi connectivity index (χ1n) is 5.61. The lowest BCUT2D eigenvalue weighted by atomic mass is 10.2. The van der Waals surface area contributed by atoms with E-state index in [-0.39, 0.29) is 17.9 Å². The molecule has 0 bridgehead atoms. The molecule has 0 saturated carbocycles. The number of aliphatic carboxylic acids is 1. The van der Waals surface area contributed by atoms with Gasteiger partial charge in [0.25, 0.3) is 5.56 Å². The zero-order valence-electron chi connectivity index (χ0n) is 10.0. The number of ether oxygens (including phenoxy) is 1. The summed E-state index contributed by atoms with van der Waals surface area (Å²) in [7, 11) is 0. The molecule has 5 nitrogen and oxygen atoms in total. The number of carboxylic acid groups (broad SMARTS) is 1. The minimum atomic E-state index is -0.920. The van der Waals surface area contributed by atoms with Crippen molar-refractivity contribution in [2.45, 2.75) is 26.8 Å². The van der Waals surface area contributed by atoms with Gasteiger partial charge in [-0.25, -0.2) is 0 Å². The molecule has 0 amide bonds. The van der Waals surface area contributed by atoms with Crippen molar-refractivity contribution in [2.24, 2.45) is 5.92 Å². The van der Waals surface area contributed by atoms with Crippen LogP contribution in [-0.4, -0.2) is 22.2 Å². The van der Waals surface area contributed by atoms with Gasteiger partial charge in [0.15, 0.2) is 5.75 Å². The van der Waals surface area contributed by atoms with Crippen molar-refractivity contribution in [1.82, 2.24) is 4.57 Å². The molecule has 1 rings (SSSR count).